The maximum atomic E-state index is 5.30. The van der Waals surface area contributed by atoms with Crippen LogP contribution in [0.3, 0.4) is 0 Å². The van der Waals surface area contributed by atoms with Crippen molar-refractivity contribution in [2.45, 2.75) is 6.42 Å². The van der Waals surface area contributed by atoms with Gasteiger partial charge in [-0.05, 0) is 6.42 Å². The van der Waals surface area contributed by atoms with Crippen molar-refractivity contribution < 1.29 is 4.74 Å². The van der Waals surface area contributed by atoms with Crippen molar-refractivity contribution in [1.82, 2.24) is 0 Å². The van der Waals surface area contributed by atoms with Crippen LogP contribution in [0.5, 0.6) is 0 Å². The zero-order valence-electron chi connectivity index (χ0n) is 6.04. The molecule has 0 spiro atoms. The van der Waals surface area contributed by atoms with Crippen LogP contribution < -0.4 is 11.6 Å². The second kappa shape index (κ2) is 6.70. The molecule has 0 heterocycles. The molecule has 10 heavy (non-hydrogen) atoms. The van der Waals surface area contributed by atoms with Gasteiger partial charge in [0.1, 0.15) is 0 Å². The highest BCUT2D eigenvalue weighted by atomic mass is 32.2. The molecule has 0 radical (unpaired) electrons. The van der Waals surface area contributed by atoms with E-state index in [1.807, 2.05) is 0 Å². The number of hydrogen-bond donors (Lipinski definition) is 2. The molecule has 0 aromatic carbocycles. The number of hydrazone groups is 1. The number of nitrogens with zero attached hydrogens (tertiary/aromatic N) is 1. The van der Waals surface area contributed by atoms with E-state index in [9.17, 15) is 0 Å². The van der Waals surface area contributed by atoms with Gasteiger partial charge in [-0.25, -0.2) is 0 Å². The Labute approximate surface area is 65.0 Å². The summed E-state index contributed by atoms with van der Waals surface area (Å²) in [4.78, 5) is 0. The van der Waals surface area contributed by atoms with Gasteiger partial charge in [0.15, 0.2) is 5.17 Å². The number of amidine groups is 1. The summed E-state index contributed by atoms with van der Waals surface area (Å²) in [5.41, 5.74) is 5.30. The lowest BCUT2D eigenvalue weighted by Crippen LogP contribution is -2.10. The molecule has 0 saturated carbocycles. The maximum Gasteiger partial charge on any atom is 0.177 e. The molecule has 0 rings (SSSR count). The first kappa shape index (κ1) is 9.58. The zero-order chi connectivity index (χ0) is 7.82. The molecular weight excluding hydrogens is 150 g/mol. The summed E-state index contributed by atoms with van der Waals surface area (Å²) in [5, 5.41) is 3.73. The summed E-state index contributed by atoms with van der Waals surface area (Å²) in [6.07, 6.45) is 0.970. The molecule has 0 aromatic heterocycles. The van der Waals surface area contributed by atoms with Crippen LogP contribution in [0.25, 0.3) is 0 Å². The first-order valence-corrected chi connectivity index (χ1v) is 3.95. The Bertz CT molecular complexity index is 107. The van der Waals surface area contributed by atoms with Gasteiger partial charge in [-0.3, -0.25) is 0 Å². The molecule has 5 heteroatoms. The zero-order valence-corrected chi connectivity index (χ0v) is 6.86. The standard InChI is InChI=1S/C5H13N3OS/c1-9-3-2-4-10-5(6)8-7/h2-4,7H2,1H3,(H2,6,8). The van der Waals surface area contributed by atoms with Gasteiger partial charge >= 0.3 is 0 Å². The van der Waals surface area contributed by atoms with Gasteiger partial charge in [-0.2, -0.15) is 5.10 Å². The van der Waals surface area contributed by atoms with E-state index in [-0.39, 0.29) is 0 Å². The quantitative estimate of drug-likeness (QED) is 0.200. The third-order valence-corrected chi connectivity index (χ3v) is 1.76. The van der Waals surface area contributed by atoms with Gasteiger partial charge < -0.3 is 16.3 Å². The average Bonchev–Trinajstić information content (AvgIpc) is 1.98. The molecule has 0 aromatic rings. The van der Waals surface area contributed by atoms with E-state index in [0.29, 0.717) is 5.17 Å². The van der Waals surface area contributed by atoms with Crippen LogP contribution in [0.4, 0.5) is 0 Å². The van der Waals surface area contributed by atoms with Crippen molar-refractivity contribution in [1.29, 1.82) is 0 Å². The molecule has 0 amide bonds. The Morgan fingerprint density at radius 3 is 2.90 bits per heavy atom. The Morgan fingerprint density at radius 2 is 2.40 bits per heavy atom. The molecule has 0 bridgehead atoms. The fraction of sp³-hybridized carbons (Fsp3) is 0.800. The predicted molar refractivity (Wildman–Crippen MR) is 44.8 cm³/mol. The number of ether oxygens (including phenoxy) is 1. The molecule has 0 unspecified atom stereocenters. The van der Waals surface area contributed by atoms with Gasteiger partial charge in [0, 0.05) is 19.5 Å². The smallest absolute Gasteiger partial charge is 0.177 e. The fourth-order valence-electron chi connectivity index (χ4n) is 0.417. The van der Waals surface area contributed by atoms with Crippen molar-refractivity contribution in [3.63, 3.8) is 0 Å². The van der Waals surface area contributed by atoms with Gasteiger partial charge in [0.05, 0.1) is 0 Å². The first-order valence-electron chi connectivity index (χ1n) is 2.96. The van der Waals surface area contributed by atoms with Gasteiger partial charge in [0.2, 0.25) is 0 Å². The number of rotatable bonds is 4. The van der Waals surface area contributed by atoms with Crippen LogP contribution >= 0.6 is 11.8 Å². The maximum absolute atomic E-state index is 5.30. The third kappa shape index (κ3) is 5.71. The lowest BCUT2D eigenvalue weighted by molar-refractivity contribution is 0.200. The molecule has 0 aliphatic rings. The molecule has 0 aliphatic carbocycles. The lowest BCUT2D eigenvalue weighted by atomic mass is 10.5. The molecular formula is C5H13N3OS. The van der Waals surface area contributed by atoms with E-state index in [4.69, 9.17) is 16.3 Å². The topological polar surface area (TPSA) is 73.6 Å². The lowest BCUT2D eigenvalue weighted by Gasteiger charge is -1.97. The molecule has 0 aliphatic heterocycles. The molecule has 60 valence electrons. The SMILES string of the molecule is COCCCSC(N)=NN. The number of nitrogens with two attached hydrogens (primary N) is 2. The minimum Gasteiger partial charge on any atom is -0.385 e. The second-order valence-corrected chi connectivity index (χ2v) is 2.78. The van der Waals surface area contributed by atoms with E-state index < -0.39 is 0 Å². The van der Waals surface area contributed by atoms with Crippen LogP contribution in [0.1, 0.15) is 6.42 Å². The monoisotopic (exact) mass is 163 g/mol. The van der Waals surface area contributed by atoms with Crippen molar-refractivity contribution in [2.75, 3.05) is 19.5 Å². The van der Waals surface area contributed by atoms with E-state index in [1.165, 1.54) is 11.8 Å². The highest BCUT2D eigenvalue weighted by Gasteiger charge is 1.91. The molecule has 4 N–H and O–H groups in total. The Balaban J connectivity index is 3.04. The summed E-state index contributed by atoms with van der Waals surface area (Å²) < 4.78 is 4.83. The van der Waals surface area contributed by atoms with Crippen LogP contribution in [0.2, 0.25) is 0 Å². The van der Waals surface area contributed by atoms with E-state index >= 15 is 0 Å². The van der Waals surface area contributed by atoms with Crippen molar-refractivity contribution in [3.05, 3.63) is 0 Å². The minimum absolute atomic E-state index is 0.427. The highest BCUT2D eigenvalue weighted by Crippen LogP contribution is 2.00. The molecule has 4 nitrogen and oxygen atoms in total. The Hall–Kier alpha value is -0.420. The van der Waals surface area contributed by atoms with Crippen molar-refractivity contribution >= 4 is 16.9 Å². The summed E-state index contributed by atoms with van der Waals surface area (Å²) in [7, 11) is 1.67. The summed E-state index contributed by atoms with van der Waals surface area (Å²) in [6, 6.07) is 0. The Kier molecular flexibility index (Phi) is 6.42. The molecule has 0 saturated heterocycles. The number of thioether (sulfide) groups is 1. The Morgan fingerprint density at radius 1 is 1.70 bits per heavy atom. The largest absolute Gasteiger partial charge is 0.385 e. The van der Waals surface area contributed by atoms with Crippen LogP contribution in [-0.4, -0.2) is 24.6 Å². The highest BCUT2D eigenvalue weighted by molar-refractivity contribution is 8.13. The van der Waals surface area contributed by atoms with Crippen LogP contribution in [-0.2, 0) is 4.74 Å². The van der Waals surface area contributed by atoms with Crippen LogP contribution in [0, 0.1) is 0 Å². The molecule has 0 atom stereocenters. The normalized spacial score (nSPS) is 11.9. The second-order valence-electron chi connectivity index (χ2n) is 1.66. The minimum atomic E-state index is 0.427. The predicted octanol–water partition coefficient (Wildman–Crippen LogP) is -0.0555. The fourth-order valence-corrected chi connectivity index (χ4v) is 0.963. The van der Waals surface area contributed by atoms with Crippen molar-refractivity contribution in [3.8, 4) is 0 Å². The molecule has 0 fully saturated rings. The summed E-state index contributed by atoms with van der Waals surface area (Å²) >= 11 is 1.44. The van der Waals surface area contributed by atoms with Gasteiger partial charge in [-0.1, -0.05) is 11.8 Å². The van der Waals surface area contributed by atoms with E-state index in [2.05, 4.69) is 5.10 Å². The third-order valence-electron chi connectivity index (χ3n) is 0.870. The first-order chi connectivity index (χ1) is 4.81. The summed E-state index contributed by atoms with van der Waals surface area (Å²) in [5.74, 6) is 5.80. The van der Waals surface area contributed by atoms with Gasteiger partial charge in [0.25, 0.3) is 0 Å². The van der Waals surface area contributed by atoms with Gasteiger partial charge in [-0.15, -0.1) is 0 Å². The summed E-state index contributed by atoms with van der Waals surface area (Å²) in [6.45, 7) is 0.755. The van der Waals surface area contributed by atoms with E-state index in [1.54, 1.807) is 7.11 Å². The average molecular weight is 163 g/mol. The number of hydrogen-bond acceptors (Lipinski definition) is 4. The van der Waals surface area contributed by atoms with Crippen LogP contribution in [0.15, 0.2) is 5.10 Å². The van der Waals surface area contributed by atoms with Crippen molar-refractivity contribution in [2.24, 2.45) is 16.7 Å². The van der Waals surface area contributed by atoms with E-state index in [0.717, 1.165) is 18.8 Å². The number of methoxy groups -OCH3 is 1.